The number of thiophene rings is 1. The number of aryl methyl sites for hydroxylation is 1. The van der Waals surface area contributed by atoms with Crippen molar-refractivity contribution in [2.45, 2.75) is 38.6 Å². The molecule has 0 unspecified atom stereocenters. The fraction of sp³-hybridized carbons (Fsp3) is 0.333. The molecule has 0 radical (unpaired) electrons. The highest BCUT2D eigenvalue weighted by Crippen LogP contribution is 2.55. The van der Waals surface area contributed by atoms with Gasteiger partial charge in [-0.05, 0) is 67.0 Å². The van der Waals surface area contributed by atoms with Crippen molar-refractivity contribution in [1.82, 2.24) is 19.4 Å². The van der Waals surface area contributed by atoms with Crippen LogP contribution in [0, 0.1) is 5.41 Å². The minimum Gasteiger partial charge on any atom is -0.443 e. The number of likely N-dealkylation sites (tertiary alicyclic amines) is 1. The maximum absolute atomic E-state index is 13.2. The van der Waals surface area contributed by atoms with E-state index >= 15 is 0 Å². The van der Waals surface area contributed by atoms with Crippen molar-refractivity contribution >= 4 is 40.1 Å². The molecule has 1 N–H and O–H groups in total. The second-order valence-electron chi connectivity index (χ2n) is 9.74. The largest absolute Gasteiger partial charge is 0.443 e. The number of carbonyl (C=O) groups excluding carboxylic acids is 2. The van der Waals surface area contributed by atoms with Gasteiger partial charge in [0.2, 0.25) is 11.9 Å². The minimum atomic E-state index is -0.198. The Kier molecular flexibility index (Phi) is 5.52. The highest BCUT2D eigenvalue weighted by molar-refractivity contribution is 7.17. The standard InChI is InChI=1S/C27H27N5O3S/c1-3-17-5-6-20-19(11-17)29-26(30-25(34)23-8-7-22(36-23)21-14-28-16-35-21)32(20)18-12-27(13-18)9-10-31(15-27)24(33)4-2/h4-8,11,14,16,18H,2-3,9-10,12-13,15H2,1H3,(H,29,30,34). The van der Waals surface area contributed by atoms with Crippen LogP contribution in [0.15, 0.2) is 60.0 Å². The molecule has 184 valence electrons. The number of imidazole rings is 1. The van der Waals surface area contributed by atoms with Crippen molar-refractivity contribution in [2.24, 2.45) is 5.41 Å². The summed E-state index contributed by atoms with van der Waals surface area (Å²) in [6, 6.07) is 10.2. The third-order valence-corrected chi connectivity index (χ3v) is 8.62. The molecular formula is C27H27N5O3S. The van der Waals surface area contributed by atoms with Crippen molar-refractivity contribution < 1.29 is 14.0 Å². The first kappa shape index (κ1) is 22.7. The van der Waals surface area contributed by atoms with Gasteiger partial charge in [-0.2, -0.15) is 0 Å². The average Bonchev–Trinajstić information content (AvgIpc) is 3.66. The number of nitrogens with one attached hydrogen (secondary N) is 1. The van der Waals surface area contributed by atoms with Crippen LogP contribution in [0.1, 0.15) is 47.5 Å². The summed E-state index contributed by atoms with van der Waals surface area (Å²) in [6.45, 7) is 7.29. The maximum Gasteiger partial charge on any atom is 0.268 e. The number of nitrogens with zero attached hydrogens (tertiary/aromatic N) is 4. The monoisotopic (exact) mass is 501 g/mol. The van der Waals surface area contributed by atoms with Gasteiger partial charge in [-0.15, -0.1) is 11.3 Å². The lowest BCUT2D eigenvalue weighted by molar-refractivity contribution is -0.125. The molecule has 2 fully saturated rings. The quantitative estimate of drug-likeness (QED) is 0.362. The molecule has 6 rings (SSSR count). The summed E-state index contributed by atoms with van der Waals surface area (Å²) in [6.07, 6.45) is 8.23. The smallest absolute Gasteiger partial charge is 0.268 e. The predicted octanol–water partition coefficient (Wildman–Crippen LogP) is 5.31. The lowest BCUT2D eigenvalue weighted by Crippen LogP contribution is -2.42. The van der Waals surface area contributed by atoms with Crippen LogP contribution in [0.2, 0.25) is 0 Å². The molecule has 4 aromatic rings. The first-order valence-electron chi connectivity index (χ1n) is 12.2. The van der Waals surface area contributed by atoms with Crippen molar-refractivity contribution in [3.8, 4) is 10.6 Å². The lowest BCUT2D eigenvalue weighted by atomic mass is 9.64. The number of amides is 2. The van der Waals surface area contributed by atoms with Crippen LogP contribution in [-0.4, -0.2) is 44.3 Å². The van der Waals surface area contributed by atoms with Crippen LogP contribution >= 0.6 is 11.3 Å². The van der Waals surface area contributed by atoms with Gasteiger partial charge in [0.1, 0.15) is 0 Å². The van der Waals surface area contributed by atoms with E-state index in [9.17, 15) is 9.59 Å². The summed E-state index contributed by atoms with van der Waals surface area (Å²) in [5.74, 6) is 1.01. The van der Waals surface area contributed by atoms with Gasteiger partial charge in [0.05, 0.1) is 27.0 Å². The van der Waals surface area contributed by atoms with Gasteiger partial charge in [-0.1, -0.05) is 19.6 Å². The lowest BCUT2D eigenvalue weighted by Gasteiger charge is -2.46. The Hall–Kier alpha value is -3.72. The third-order valence-electron chi connectivity index (χ3n) is 7.52. The molecule has 1 aliphatic carbocycles. The number of rotatable bonds is 6. The Balaban J connectivity index is 1.28. The molecule has 3 aromatic heterocycles. The zero-order valence-electron chi connectivity index (χ0n) is 20.1. The van der Waals surface area contributed by atoms with Crippen LogP contribution in [-0.2, 0) is 11.2 Å². The van der Waals surface area contributed by atoms with Gasteiger partial charge in [0.25, 0.3) is 5.91 Å². The van der Waals surface area contributed by atoms with E-state index in [0.717, 1.165) is 54.7 Å². The van der Waals surface area contributed by atoms with Crippen LogP contribution in [0.4, 0.5) is 5.95 Å². The van der Waals surface area contributed by atoms with Gasteiger partial charge in [0, 0.05) is 19.1 Å². The van der Waals surface area contributed by atoms with Crippen LogP contribution < -0.4 is 5.32 Å². The molecule has 1 aliphatic heterocycles. The Labute approximate surface area is 212 Å². The molecule has 2 aliphatic rings. The number of hydrogen-bond acceptors (Lipinski definition) is 6. The molecule has 1 saturated carbocycles. The number of aromatic nitrogens is 3. The summed E-state index contributed by atoms with van der Waals surface area (Å²) < 4.78 is 7.54. The van der Waals surface area contributed by atoms with E-state index in [0.29, 0.717) is 16.6 Å². The second kappa shape index (κ2) is 8.74. The molecular weight excluding hydrogens is 474 g/mol. The fourth-order valence-corrected chi connectivity index (χ4v) is 6.48. The molecule has 36 heavy (non-hydrogen) atoms. The minimum absolute atomic E-state index is 0.00380. The van der Waals surface area contributed by atoms with E-state index in [1.54, 1.807) is 12.3 Å². The molecule has 8 nitrogen and oxygen atoms in total. The number of hydrogen-bond donors (Lipinski definition) is 1. The second-order valence-corrected chi connectivity index (χ2v) is 10.8. The Morgan fingerprint density at radius 1 is 1.31 bits per heavy atom. The van der Waals surface area contributed by atoms with Gasteiger partial charge in [-0.25, -0.2) is 9.97 Å². The molecule has 0 atom stereocenters. The van der Waals surface area contributed by atoms with Crippen molar-refractivity contribution in [2.75, 3.05) is 18.4 Å². The highest BCUT2D eigenvalue weighted by atomic mass is 32.1. The van der Waals surface area contributed by atoms with Crippen LogP contribution in [0.25, 0.3) is 21.7 Å². The third kappa shape index (κ3) is 3.83. The van der Waals surface area contributed by atoms with E-state index in [4.69, 9.17) is 9.40 Å². The molecule has 0 bridgehead atoms. The zero-order valence-corrected chi connectivity index (χ0v) is 20.9. The van der Waals surface area contributed by atoms with Gasteiger partial charge < -0.3 is 13.9 Å². The fourth-order valence-electron chi connectivity index (χ4n) is 5.62. The van der Waals surface area contributed by atoms with Gasteiger partial charge in [-0.3, -0.25) is 14.9 Å². The topological polar surface area (TPSA) is 93.3 Å². The molecule has 9 heteroatoms. The SMILES string of the molecule is C=CC(=O)N1CCC2(CC(n3c(NC(=O)c4ccc(-c5cnco5)s4)nc4cc(CC)ccc43)C2)C1. The Morgan fingerprint density at radius 2 is 2.17 bits per heavy atom. The van der Waals surface area contributed by atoms with E-state index in [1.165, 1.54) is 29.4 Å². The molecule has 1 aromatic carbocycles. The van der Waals surface area contributed by atoms with Gasteiger partial charge >= 0.3 is 0 Å². The first-order valence-corrected chi connectivity index (χ1v) is 13.0. The van der Waals surface area contributed by atoms with E-state index in [-0.39, 0.29) is 23.3 Å². The normalized spacial score (nSPS) is 21.1. The van der Waals surface area contributed by atoms with Crippen molar-refractivity contribution in [3.05, 3.63) is 66.0 Å². The zero-order chi connectivity index (χ0) is 24.9. The van der Waals surface area contributed by atoms with E-state index in [2.05, 4.69) is 46.6 Å². The Bertz CT molecular complexity index is 1460. The molecule has 1 spiro atoms. The van der Waals surface area contributed by atoms with Gasteiger partial charge in [0.15, 0.2) is 12.2 Å². The average molecular weight is 502 g/mol. The van der Waals surface area contributed by atoms with Crippen molar-refractivity contribution in [1.29, 1.82) is 0 Å². The molecule has 2 amide bonds. The Morgan fingerprint density at radius 3 is 2.92 bits per heavy atom. The molecule has 1 saturated heterocycles. The molecule has 4 heterocycles. The summed E-state index contributed by atoms with van der Waals surface area (Å²) >= 11 is 1.36. The number of anilines is 1. The summed E-state index contributed by atoms with van der Waals surface area (Å²) in [4.78, 5) is 37.5. The van der Waals surface area contributed by atoms with Crippen LogP contribution in [0.5, 0.6) is 0 Å². The summed E-state index contributed by atoms with van der Waals surface area (Å²) in [5, 5.41) is 3.08. The summed E-state index contributed by atoms with van der Waals surface area (Å²) in [7, 11) is 0. The predicted molar refractivity (Wildman–Crippen MR) is 139 cm³/mol. The number of carbonyl (C=O) groups is 2. The number of oxazole rings is 1. The highest BCUT2D eigenvalue weighted by Gasteiger charge is 2.50. The summed E-state index contributed by atoms with van der Waals surface area (Å²) in [5.41, 5.74) is 3.24. The van der Waals surface area contributed by atoms with E-state index < -0.39 is 0 Å². The number of fused-ring (bicyclic) bond motifs is 1. The number of benzene rings is 1. The van der Waals surface area contributed by atoms with E-state index in [1.807, 2.05) is 11.0 Å². The maximum atomic E-state index is 13.2. The van der Waals surface area contributed by atoms with Crippen LogP contribution in [0.3, 0.4) is 0 Å². The van der Waals surface area contributed by atoms with Crippen molar-refractivity contribution in [3.63, 3.8) is 0 Å². The first-order chi connectivity index (χ1) is 17.5.